The number of amides is 3. The number of carbonyl (C=O) groups is 2. The molecule has 2 saturated heterocycles. The van der Waals surface area contributed by atoms with E-state index in [0.29, 0.717) is 13.1 Å². The first kappa shape index (κ1) is 14.3. The van der Waals surface area contributed by atoms with E-state index in [0.717, 1.165) is 25.9 Å². The highest BCUT2D eigenvalue weighted by atomic mass is 16.3. The zero-order chi connectivity index (χ0) is 14.3. The lowest BCUT2D eigenvalue weighted by Gasteiger charge is -2.36. The van der Waals surface area contributed by atoms with E-state index in [9.17, 15) is 14.7 Å². The molecule has 0 atom stereocenters. The van der Waals surface area contributed by atoms with Crippen molar-refractivity contribution in [1.29, 1.82) is 0 Å². The van der Waals surface area contributed by atoms with Crippen LogP contribution < -0.4 is 5.32 Å². The number of aliphatic hydroxyl groups is 1. The Balaban J connectivity index is 1.84. The standard InChI is InChI=1S/C13H23N3O3/c1-12(2)10(17)16(11(18)14-12)9-8-15-6-4-13(3,19)5-7-15/h19H,4-9H2,1-3H3,(H,14,18). The molecule has 0 aromatic heterocycles. The second-order valence-electron chi connectivity index (χ2n) is 6.35. The number of nitrogens with one attached hydrogen (secondary N) is 1. The van der Waals surface area contributed by atoms with Crippen LogP contribution in [0.2, 0.25) is 0 Å². The van der Waals surface area contributed by atoms with Crippen LogP contribution in [0, 0.1) is 0 Å². The van der Waals surface area contributed by atoms with E-state index >= 15 is 0 Å². The molecule has 0 aliphatic carbocycles. The molecule has 0 aromatic rings. The van der Waals surface area contributed by atoms with Gasteiger partial charge in [0.2, 0.25) is 0 Å². The third kappa shape index (κ3) is 3.06. The van der Waals surface area contributed by atoms with Crippen LogP contribution >= 0.6 is 0 Å². The van der Waals surface area contributed by atoms with Crippen molar-refractivity contribution < 1.29 is 14.7 Å². The van der Waals surface area contributed by atoms with Gasteiger partial charge in [0.25, 0.3) is 5.91 Å². The van der Waals surface area contributed by atoms with E-state index in [1.165, 1.54) is 4.90 Å². The highest BCUT2D eigenvalue weighted by molar-refractivity contribution is 6.06. The average molecular weight is 269 g/mol. The maximum absolute atomic E-state index is 12.0. The van der Waals surface area contributed by atoms with Gasteiger partial charge in [0.15, 0.2) is 0 Å². The van der Waals surface area contributed by atoms with Crippen LogP contribution in [0.4, 0.5) is 4.79 Å². The summed E-state index contributed by atoms with van der Waals surface area (Å²) < 4.78 is 0. The van der Waals surface area contributed by atoms with E-state index in [1.54, 1.807) is 13.8 Å². The first-order valence-electron chi connectivity index (χ1n) is 6.80. The second-order valence-corrected chi connectivity index (χ2v) is 6.35. The number of piperidine rings is 1. The Kier molecular flexibility index (Phi) is 3.57. The Morgan fingerprint density at radius 2 is 1.74 bits per heavy atom. The molecule has 0 radical (unpaired) electrons. The predicted octanol–water partition coefficient (Wildman–Crippen LogP) is 0.164. The van der Waals surface area contributed by atoms with Gasteiger partial charge in [-0.3, -0.25) is 9.69 Å². The summed E-state index contributed by atoms with van der Waals surface area (Å²) in [6.07, 6.45) is 1.47. The van der Waals surface area contributed by atoms with Crippen molar-refractivity contribution in [2.45, 2.75) is 44.8 Å². The van der Waals surface area contributed by atoms with Crippen LogP contribution in [-0.2, 0) is 4.79 Å². The number of nitrogens with zero attached hydrogens (tertiary/aromatic N) is 2. The van der Waals surface area contributed by atoms with Crippen LogP contribution in [0.5, 0.6) is 0 Å². The molecule has 2 aliphatic heterocycles. The number of urea groups is 1. The van der Waals surface area contributed by atoms with Crippen molar-refractivity contribution in [3.63, 3.8) is 0 Å². The summed E-state index contributed by atoms with van der Waals surface area (Å²) >= 11 is 0. The Bertz CT molecular complexity index is 383. The molecule has 6 nitrogen and oxygen atoms in total. The van der Waals surface area contributed by atoms with Gasteiger partial charge in [-0.1, -0.05) is 0 Å². The van der Waals surface area contributed by atoms with E-state index in [1.807, 2.05) is 6.92 Å². The summed E-state index contributed by atoms with van der Waals surface area (Å²) in [5.74, 6) is -0.165. The highest BCUT2D eigenvalue weighted by Crippen LogP contribution is 2.21. The van der Waals surface area contributed by atoms with Crippen LogP contribution in [0.15, 0.2) is 0 Å². The van der Waals surface area contributed by atoms with Gasteiger partial charge >= 0.3 is 6.03 Å². The monoisotopic (exact) mass is 269 g/mol. The molecule has 2 N–H and O–H groups in total. The molecule has 0 bridgehead atoms. The zero-order valence-corrected chi connectivity index (χ0v) is 11.9. The summed E-state index contributed by atoms with van der Waals surface area (Å²) in [5, 5.41) is 12.5. The fourth-order valence-corrected chi connectivity index (χ4v) is 2.52. The summed E-state index contributed by atoms with van der Waals surface area (Å²) in [7, 11) is 0. The van der Waals surface area contributed by atoms with Crippen LogP contribution in [0.3, 0.4) is 0 Å². The highest BCUT2D eigenvalue weighted by Gasteiger charge is 2.44. The first-order valence-corrected chi connectivity index (χ1v) is 6.80. The molecule has 0 aromatic carbocycles. The molecule has 108 valence electrons. The fraction of sp³-hybridized carbons (Fsp3) is 0.846. The largest absolute Gasteiger partial charge is 0.390 e. The number of likely N-dealkylation sites (tertiary alicyclic amines) is 1. The molecule has 6 heteroatoms. The van der Waals surface area contributed by atoms with Crippen molar-refractivity contribution >= 4 is 11.9 Å². The molecule has 2 heterocycles. The van der Waals surface area contributed by atoms with Crippen LogP contribution in [0.25, 0.3) is 0 Å². The minimum atomic E-state index is -0.789. The average Bonchev–Trinajstić information content (AvgIpc) is 2.48. The predicted molar refractivity (Wildman–Crippen MR) is 70.6 cm³/mol. The minimum Gasteiger partial charge on any atom is -0.390 e. The Hall–Kier alpha value is -1.14. The number of carbonyl (C=O) groups excluding carboxylic acids is 2. The smallest absolute Gasteiger partial charge is 0.325 e. The molecule has 3 amide bonds. The van der Waals surface area contributed by atoms with Gasteiger partial charge in [-0.15, -0.1) is 0 Å². The molecule has 2 fully saturated rings. The summed E-state index contributed by atoms with van der Waals surface area (Å²) in [5.41, 5.74) is -1.36. The lowest BCUT2D eigenvalue weighted by Crippen LogP contribution is -2.46. The van der Waals surface area contributed by atoms with Gasteiger partial charge in [-0.25, -0.2) is 4.79 Å². The molecule has 0 unspecified atom stereocenters. The second kappa shape index (κ2) is 4.76. The quantitative estimate of drug-likeness (QED) is 0.716. The Morgan fingerprint density at radius 1 is 1.16 bits per heavy atom. The van der Waals surface area contributed by atoms with Gasteiger partial charge in [-0.2, -0.15) is 0 Å². The lowest BCUT2D eigenvalue weighted by atomic mass is 9.94. The number of hydrogen-bond donors (Lipinski definition) is 2. The molecule has 0 spiro atoms. The molecule has 2 rings (SSSR count). The zero-order valence-electron chi connectivity index (χ0n) is 11.9. The third-order valence-corrected chi connectivity index (χ3v) is 4.02. The van der Waals surface area contributed by atoms with Gasteiger partial charge in [0, 0.05) is 26.2 Å². The first-order chi connectivity index (χ1) is 8.71. The Labute approximate surface area is 113 Å². The number of rotatable bonds is 3. The van der Waals surface area contributed by atoms with Crippen molar-refractivity contribution in [1.82, 2.24) is 15.1 Å². The van der Waals surface area contributed by atoms with Gasteiger partial charge in [0.05, 0.1) is 5.60 Å². The van der Waals surface area contributed by atoms with Crippen molar-refractivity contribution in [3.8, 4) is 0 Å². The maximum Gasteiger partial charge on any atom is 0.325 e. The van der Waals surface area contributed by atoms with Crippen LogP contribution in [0.1, 0.15) is 33.6 Å². The summed E-state index contributed by atoms with van der Waals surface area (Å²) in [6, 6.07) is -0.306. The van der Waals surface area contributed by atoms with Gasteiger partial charge in [-0.05, 0) is 33.6 Å². The molecule has 19 heavy (non-hydrogen) atoms. The third-order valence-electron chi connectivity index (χ3n) is 4.02. The summed E-state index contributed by atoms with van der Waals surface area (Å²) in [4.78, 5) is 27.2. The fourth-order valence-electron chi connectivity index (χ4n) is 2.52. The van der Waals surface area contributed by atoms with Gasteiger partial charge < -0.3 is 15.3 Å². The Morgan fingerprint density at radius 3 is 2.21 bits per heavy atom. The molecular weight excluding hydrogens is 246 g/mol. The lowest BCUT2D eigenvalue weighted by molar-refractivity contribution is -0.130. The van der Waals surface area contributed by atoms with E-state index in [-0.39, 0.29) is 11.9 Å². The van der Waals surface area contributed by atoms with Crippen molar-refractivity contribution in [3.05, 3.63) is 0 Å². The summed E-state index contributed by atoms with van der Waals surface area (Å²) in [6.45, 7) is 7.97. The van der Waals surface area contributed by atoms with Gasteiger partial charge in [0.1, 0.15) is 5.54 Å². The number of hydrogen-bond acceptors (Lipinski definition) is 4. The van der Waals surface area contributed by atoms with E-state index < -0.39 is 11.1 Å². The number of imide groups is 1. The molecular formula is C13H23N3O3. The minimum absolute atomic E-state index is 0.165. The van der Waals surface area contributed by atoms with E-state index in [4.69, 9.17) is 0 Å². The molecule has 0 saturated carbocycles. The maximum atomic E-state index is 12.0. The molecule has 2 aliphatic rings. The van der Waals surface area contributed by atoms with Crippen molar-refractivity contribution in [2.75, 3.05) is 26.2 Å². The SMILES string of the molecule is CC1(O)CCN(CCN2C(=O)NC(C)(C)C2=O)CC1. The normalized spacial score (nSPS) is 26.6. The topological polar surface area (TPSA) is 72.9 Å². The van der Waals surface area contributed by atoms with E-state index in [2.05, 4.69) is 10.2 Å². The van der Waals surface area contributed by atoms with Crippen LogP contribution in [-0.4, -0.2) is 64.2 Å². The van der Waals surface area contributed by atoms with Crippen molar-refractivity contribution in [2.24, 2.45) is 0 Å².